The van der Waals surface area contributed by atoms with Crippen molar-refractivity contribution in [3.8, 4) is 11.3 Å². The molecule has 1 heterocycles. The van der Waals surface area contributed by atoms with Crippen molar-refractivity contribution in [2.45, 2.75) is 0 Å². The number of nitrogens with zero attached hydrogens (tertiary/aromatic N) is 1. The monoisotopic (exact) mass is 308 g/mol. The quantitative estimate of drug-likeness (QED) is 0.528. The molecule has 0 saturated carbocycles. The highest BCUT2D eigenvalue weighted by Crippen LogP contribution is 2.23. The molecule has 22 heavy (non-hydrogen) atoms. The van der Waals surface area contributed by atoms with Crippen LogP contribution in [-0.4, -0.2) is 6.54 Å². The van der Waals surface area contributed by atoms with E-state index in [0.717, 1.165) is 23.1 Å². The third-order valence-corrected chi connectivity index (χ3v) is 4.10. The van der Waals surface area contributed by atoms with Crippen LogP contribution in [-0.2, 0) is 0 Å². The molecule has 0 saturated heterocycles. The van der Waals surface area contributed by atoms with Crippen molar-refractivity contribution < 1.29 is 4.68 Å². The van der Waals surface area contributed by atoms with Crippen molar-refractivity contribution in [1.29, 1.82) is 0 Å². The molecule has 0 amide bonds. The minimum atomic E-state index is 0.727. The fraction of sp³-hybridized carbons (Fsp3) is 0.0556. The van der Waals surface area contributed by atoms with Gasteiger partial charge in [-0.25, -0.2) is 5.43 Å². The molecule has 0 atom stereocenters. The van der Waals surface area contributed by atoms with Crippen LogP contribution >= 0.6 is 11.3 Å². The van der Waals surface area contributed by atoms with Crippen LogP contribution < -0.4 is 15.4 Å². The zero-order valence-electron chi connectivity index (χ0n) is 12.2. The van der Waals surface area contributed by atoms with Crippen molar-refractivity contribution >= 4 is 22.2 Å². The Morgan fingerprint density at radius 1 is 1.00 bits per heavy atom. The van der Waals surface area contributed by atoms with E-state index in [1.807, 2.05) is 30.3 Å². The van der Waals surface area contributed by atoms with E-state index in [0.29, 0.717) is 0 Å². The van der Waals surface area contributed by atoms with Gasteiger partial charge in [-0.05, 0) is 12.1 Å². The summed E-state index contributed by atoms with van der Waals surface area (Å²) in [6, 6.07) is 20.5. The molecule has 2 N–H and O–H groups in total. The lowest BCUT2D eigenvalue weighted by Gasteiger charge is -2.08. The number of hydrogen-bond donors (Lipinski definition) is 2. The van der Waals surface area contributed by atoms with Gasteiger partial charge in [0.2, 0.25) is 0 Å². The molecule has 0 aliphatic heterocycles. The lowest BCUT2D eigenvalue weighted by molar-refractivity contribution is -0.612. The standard InChI is InChI=1S/C18H17N3S/c1-2-13-19-18-21(20-16-11-7-4-8-12-16)17(14-22-18)15-9-5-3-6-10-15/h2-12,14,20H,1,13H2/p+1. The van der Waals surface area contributed by atoms with Gasteiger partial charge in [-0.3, -0.25) is 5.32 Å². The topological polar surface area (TPSA) is 27.9 Å². The van der Waals surface area contributed by atoms with Crippen molar-refractivity contribution in [1.82, 2.24) is 0 Å². The van der Waals surface area contributed by atoms with Crippen LogP contribution in [0.4, 0.5) is 10.8 Å². The van der Waals surface area contributed by atoms with Crippen LogP contribution in [0.1, 0.15) is 0 Å². The summed E-state index contributed by atoms with van der Waals surface area (Å²) < 4.78 is 2.08. The maximum absolute atomic E-state index is 3.77. The van der Waals surface area contributed by atoms with Gasteiger partial charge in [0.25, 0.3) is 0 Å². The van der Waals surface area contributed by atoms with Gasteiger partial charge < -0.3 is 0 Å². The third kappa shape index (κ3) is 3.18. The van der Waals surface area contributed by atoms with Gasteiger partial charge >= 0.3 is 5.13 Å². The third-order valence-electron chi connectivity index (χ3n) is 3.21. The van der Waals surface area contributed by atoms with Gasteiger partial charge in [0, 0.05) is 10.9 Å². The summed E-state index contributed by atoms with van der Waals surface area (Å²) in [4.78, 5) is 0. The Hall–Kier alpha value is -2.59. The van der Waals surface area contributed by atoms with Crippen LogP contribution in [0.3, 0.4) is 0 Å². The summed E-state index contributed by atoms with van der Waals surface area (Å²) in [6.45, 7) is 4.49. The average Bonchev–Trinajstić information content (AvgIpc) is 2.97. The first kappa shape index (κ1) is 14.4. The average molecular weight is 308 g/mol. The SMILES string of the molecule is C=CCNc1scc(-c2ccccc2)[n+]1Nc1ccccc1. The number of rotatable bonds is 6. The van der Waals surface area contributed by atoms with E-state index in [4.69, 9.17) is 0 Å². The molecule has 0 bridgehead atoms. The Balaban J connectivity index is 1.99. The summed E-state index contributed by atoms with van der Waals surface area (Å²) in [6.07, 6.45) is 1.86. The number of nitrogens with one attached hydrogen (secondary N) is 2. The molecule has 2 aromatic carbocycles. The lowest BCUT2D eigenvalue weighted by Crippen LogP contribution is -2.44. The molecule has 4 heteroatoms. The second-order valence-corrected chi connectivity index (χ2v) is 5.63. The Bertz CT molecular complexity index is 736. The number of anilines is 2. The van der Waals surface area contributed by atoms with E-state index in [1.165, 1.54) is 5.56 Å². The second-order valence-electron chi connectivity index (χ2n) is 4.77. The van der Waals surface area contributed by atoms with Gasteiger partial charge in [0.1, 0.15) is 6.54 Å². The first-order valence-electron chi connectivity index (χ1n) is 7.14. The number of para-hydroxylation sites is 1. The maximum Gasteiger partial charge on any atom is 0.358 e. The minimum Gasteiger partial charge on any atom is -0.260 e. The zero-order chi connectivity index (χ0) is 15.2. The minimum absolute atomic E-state index is 0.727. The fourth-order valence-corrected chi connectivity index (χ4v) is 3.05. The smallest absolute Gasteiger partial charge is 0.260 e. The molecular formula is C18H18N3S+. The summed E-state index contributed by atoms with van der Waals surface area (Å²) in [5, 5.41) is 6.57. The van der Waals surface area contributed by atoms with Crippen LogP contribution in [0.5, 0.6) is 0 Å². The summed E-state index contributed by atoms with van der Waals surface area (Å²) in [5.74, 6) is 0. The first-order chi connectivity index (χ1) is 10.9. The van der Waals surface area contributed by atoms with Crippen molar-refractivity contribution in [3.05, 3.63) is 78.7 Å². The predicted octanol–water partition coefficient (Wildman–Crippen LogP) is 4.18. The van der Waals surface area contributed by atoms with Gasteiger partial charge in [0.15, 0.2) is 5.69 Å². The van der Waals surface area contributed by atoms with Crippen LogP contribution in [0.15, 0.2) is 78.7 Å². The van der Waals surface area contributed by atoms with Crippen LogP contribution in [0, 0.1) is 0 Å². The molecule has 110 valence electrons. The highest BCUT2D eigenvalue weighted by Gasteiger charge is 2.19. The predicted molar refractivity (Wildman–Crippen MR) is 94.1 cm³/mol. The molecule has 0 aliphatic rings. The largest absolute Gasteiger partial charge is 0.358 e. The Kier molecular flexibility index (Phi) is 4.51. The fourth-order valence-electron chi connectivity index (χ4n) is 2.17. The van der Waals surface area contributed by atoms with Gasteiger partial charge in [-0.2, -0.15) is 0 Å². The highest BCUT2D eigenvalue weighted by atomic mass is 32.1. The molecule has 0 aliphatic carbocycles. The van der Waals surface area contributed by atoms with E-state index < -0.39 is 0 Å². The second kappa shape index (κ2) is 6.91. The molecular weight excluding hydrogens is 290 g/mol. The lowest BCUT2D eigenvalue weighted by atomic mass is 10.2. The Morgan fingerprint density at radius 2 is 1.68 bits per heavy atom. The van der Waals surface area contributed by atoms with Crippen molar-refractivity contribution in [2.24, 2.45) is 0 Å². The Morgan fingerprint density at radius 3 is 2.36 bits per heavy atom. The summed E-state index contributed by atoms with van der Waals surface area (Å²) in [7, 11) is 0. The van der Waals surface area contributed by atoms with Crippen molar-refractivity contribution in [2.75, 3.05) is 17.3 Å². The zero-order valence-corrected chi connectivity index (χ0v) is 13.0. The summed E-state index contributed by atoms with van der Waals surface area (Å²) in [5.41, 5.74) is 6.81. The molecule has 3 aromatic rings. The normalized spacial score (nSPS) is 10.2. The van der Waals surface area contributed by atoms with E-state index in [2.05, 4.69) is 63.8 Å². The highest BCUT2D eigenvalue weighted by molar-refractivity contribution is 7.13. The van der Waals surface area contributed by atoms with Crippen LogP contribution in [0.25, 0.3) is 11.3 Å². The molecule has 0 spiro atoms. The molecule has 3 rings (SSSR count). The van der Waals surface area contributed by atoms with E-state index in [-0.39, 0.29) is 0 Å². The Labute approximate surface area is 134 Å². The van der Waals surface area contributed by atoms with Crippen molar-refractivity contribution in [3.63, 3.8) is 0 Å². The summed E-state index contributed by atoms with van der Waals surface area (Å²) >= 11 is 1.67. The van der Waals surface area contributed by atoms with Gasteiger partial charge in [-0.1, -0.05) is 72.5 Å². The van der Waals surface area contributed by atoms with E-state index >= 15 is 0 Å². The number of aromatic nitrogens is 1. The van der Waals surface area contributed by atoms with E-state index in [9.17, 15) is 0 Å². The number of hydrogen-bond acceptors (Lipinski definition) is 3. The molecule has 1 aromatic heterocycles. The maximum atomic E-state index is 3.77. The van der Waals surface area contributed by atoms with Gasteiger partial charge in [0.05, 0.1) is 5.69 Å². The molecule has 0 unspecified atom stereocenters. The first-order valence-corrected chi connectivity index (χ1v) is 8.02. The molecule has 3 nitrogen and oxygen atoms in total. The molecule has 0 radical (unpaired) electrons. The number of benzene rings is 2. The van der Waals surface area contributed by atoms with Crippen LogP contribution in [0.2, 0.25) is 0 Å². The number of thiazole rings is 1. The van der Waals surface area contributed by atoms with Gasteiger partial charge in [-0.15, -0.1) is 4.68 Å². The molecule has 0 fully saturated rings. The van der Waals surface area contributed by atoms with E-state index in [1.54, 1.807) is 11.3 Å².